The van der Waals surface area contributed by atoms with Crippen molar-refractivity contribution in [1.29, 1.82) is 0 Å². The first-order chi connectivity index (χ1) is 28.6. The van der Waals surface area contributed by atoms with E-state index in [9.17, 15) is 0 Å². The van der Waals surface area contributed by atoms with Crippen molar-refractivity contribution in [2.75, 3.05) is 9.80 Å². The van der Waals surface area contributed by atoms with Gasteiger partial charge in [-0.05, 0) is 57.4 Å². The maximum absolute atomic E-state index is 4.16. The molecule has 1 heterocycles. The summed E-state index contributed by atoms with van der Waals surface area (Å²) in [5.41, 5.74) is 15.5. The normalized spacial score (nSPS) is 11.8. The number of nitrogens with zero attached hydrogens (tertiary/aromatic N) is 2. The molecule has 58 heavy (non-hydrogen) atoms. The molecular weight excluding hydrogens is 834 g/mol. The third-order valence-electron chi connectivity index (χ3n) is 11.4. The van der Waals surface area contributed by atoms with E-state index < -0.39 is 0 Å². The highest BCUT2D eigenvalue weighted by Crippen LogP contribution is 2.25. The average molecular weight is 876 g/mol. The Bertz CT molecular complexity index is 2360. The van der Waals surface area contributed by atoms with E-state index >= 15 is 0 Å². The van der Waals surface area contributed by atoms with Crippen molar-refractivity contribution in [3.8, 4) is 0 Å². The van der Waals surface area contributed by atoms with Crippen LogP contribution in [-0.2, 0) is 26.2 Å². The van der Waals surface area contributed by atoms with Crippen LogP contribution in [0.4, 0.5) is 11.4 Å². The Kier molecular flexibility index (Phi) is 11.5. The van der Waals surface area contributed by atoms with Crippen molar-refractivity contribution in [3.05, 3.63) is 237 Å². The average Bonchev–Trinajstić information content (AvgIpc) is 3.27. The Morgan fingerprint density at radius 1 is 0.293 bits per heavy atom. The predicted molar refractivity (Wildman–Crippen MR) is 256 cm³/mol. The summed E-state index contributed by atoms with van der Waals surface area (Å²) in [6.45, 7) is 3.14. The Morgan fingerprint density at radius 2 is 0.569 bits per heavy atom. The van der Waals surface area contributed by atoms with Crippen LogP contribution >= 0.6 is 31.9 Å². The third-order valence-corrected chi connectivity index (χ3v) is 12.8. The monoisotopic (exact) mass is 874 g/mol. The quantitative estimate of drug-likeness (QED) is 0.113. The van der Waals surface area contributed by atoms with Crippen molar-refractivity contribution < 1.29 is 0 Å². The van der Waals surface area contributed by atoms with E-state index in [1.165, 1.54) is 66.4 Å². The van der Waals surface area contributed by atoms with Gasteiger partial charge in [-0.25, -0.2) is 0 Å². The lowest BCUT2D eigenvalue weighted by Crippen LogP contribution is -2.76. The summed E-state index contributed by atoms with van der Waals surface area (Å²) in [5, 5.41) is 0. The summed E-state index contributed by atoms with van der Waals surface area (Å²) in [7, 11) is 0. The summed E-state index contributed by atoms with van der Waals surface area (Å²) >= 11 is 8.32. The molecule has 6 heteroatoms. The number of para-hydroxylation sites is 2. The van der Waals surface area contributed by atoms with Gasteiger partial charge in [-0.3, -0.25) is 0 Å². The van der Waals surface area contributed by atoms with Gasteiger partial charge in [-0.15, -0.1) is 0 Å². The molecule has 8 aromatic carbocycles. The van der Waals surface area contributed by atoms with E-state index in [1.54, 1.807) is 0 Å². The van der Waals surface area contributed by atoms with Crippen LogP contribution in [0, 0.1) is 0 Å². The summed E-state index contributed by atoms with van der Waals surface area (Å²) in [5.74, 6) is 0. The van der Waals surface area contributed by atoms with E-state index in [1.807, 2.05) is 0 Å². The van der Waals surface area contributed by atoms with E-state index in [0.717, 1.165) is 35.1 Å². The lowest BCUT2D eigenvalue weighted by atomic mass is 9.21. The second kappa shape index (κ2) is 17.5. The molecule has 0 radical (unpaired) electrons. The lowest BCUT2D eigenvalue weighted by Gasteiger charge is -2.37. The zero-order chi connectivity index (χ0) is 39.3. The number of benzene rings is 8. The van der Waals surface area contributed by atoms with Gasteiger partial charge in [0.15, 0.2) is 0 Å². The summed E-state index contributed by atoms with van der Waals surface area (Å²) in [6.07, 6.45) is 0. The largest absolute Gasteiger partial charge is 0.363 e. The Morgan fingerprint density at radius 3 is 0.897 bits per heavy atom. The maximum Gasteiger partial charge on any atom is 0.244 e. The Hall–Kier alpha value is -5.55. The van der Waals surface area contributed by atoms with Gasteiger partial charge in [-0.2, -0.15) is 0 Å². The summed E-state index contributed by atoms with van der Waals surface area (Å²) < 4.78 is 2.25. The van der Waals surface area contributed by atoms with Crippen LogP contribution in [0.5, 0.6) is 0 Å². The van der Waals surface area contributed by atoms with Crippen LogP contribution < -0.4 is 42.6 Å². The van der Waals surface area contributed by atoms with Crippen LogP contribution in [0.15, 0.2) is 215 Å². The Labute approximate surface area is 360 Å². The molecule has 0 amide bonds. The number of hydrogen-bond acceptors (Lipinski definition) is 2. The smallest absolute Gasteiger partial charge is 0.244 e. The molecule has 0 spiro atoms. The maximum atomic E-state index is 4.16. The van der Waals surface area contributed by atoms with E-state index in [2.05, 4.69) is 248 Å². The first-order valence-corrected chi connectivity index (χ1v) is 21.6. The minimum Gasteiger partial charge on any atom is -0.363 e. The highest BCUT2D eigenvalue weighted by Gasteiger charge is 2.42. The molecule has 0 saturated heterocycles. The summed E-state index contributed by atoms with van der Waals surface area (Å²) in [6, 6.07) is 75.2. The van der Waals surface area contributed by atoms with Crippen molar-refractivity contribution in [2.24, 2.45) is 0 Å². The zero-order valence-electron chi connectivity index (χ0n) is 32.3. The van der Waals surface area contributed by atoms with E-state index in [0.29, 0.717) is 0 Å². The molecule has 0 aromatic heterocycles. The molecule has 0 N–H and O–H groups in total. The first-order valence-electron chi connectivity index (χ1n) is 20.0. The second-order valence-corrected chi connectivity index (χ2v) is 16.8. The molecule has 2 nitrogen and oxygen atoms in total. The predicted octanol–water partition coefficient (Wildman–Crippen LogP) is 8.97. The zero-order valence-corrected chi connectivity index (χ0v) is 35.4. The molecule has 0 aliphatic carbocycles. The number of fused-ring (bicyclic) bond motifs is 2. The topological polar surface area (TPSA) is 6.48 Å². The van der Waals surface area contributed by atoms with Crippen molar-refractivity contribution in [2.45, 2.75) is 26.2 Å². The minimum absolute atomic E-state index is 0.0172. The molecular formula is C52H42B2Br2N2. The van der Waals surface area contributed by atoms with Gasteiger partial charge in [0.1, 0.15) is 0 Å². The molecule has 1 aliphatic heterocycles. The van der Waals surface area contributed by atoms with Crippen molar-refractivity contribution >= 4 is 89.4 Å². The third kappa shape index (κ3) is 7.97. The lowest BCUT2D eigenvalue weighted by molar-refractivity contribution is 0.802. The van der Waals surface area contributed by atoms with Gasteiger partial charge >= 0.3 is 0 Å². The Balaban J connectivity index is 1.22. The highest BCUT2D eigenvalue weighted by molar-refractivity contribution is 9.11. The molecule has 0 saturated carbocycles. The molecule has 280 valence electrons. The minimum atomic E-state index is -0.0172. The van der Waals surface area contributed by atoms with Crippen molar-refractivity contribution in [3.63, 3.8) is 0 Å². The number of anilines is 2. The highest BCUT2D eigenvalue weighted by atomic mass is 79.9. The number of rotatable bonds is 12. The van der Waals surface area contributed by atoms with Crippen LogP contribution in [-0.4, -0.2) is 13.4 Å². The number of hydrogen-bond donors (Lipinski definition) is 0. The molecule has 0 atom stereocenters. The van der Waals surface area contributed by atoms with Gasteiger partial charge in [0, 0.05) is 46.5 Å². The molecule has 0 bridgehead atoms. The van der Waals surface area contributed by atoms with Gasteiger partial charge < -0.3 is 9.80 Å². The van der Waals surface area contributed by atoms with Gasteiger partial charge in [0.25, 0.3) is 0 Å². The first kappa shape index (κ1) is 38.0. The fraction of sp³-hybridized carbons (Fsp3) is 0.0769. The standard InChI is InChI=1S/C52H42B2Br2N2/c55-47-31-18-30-46-51(47)53(43-27-13-15-33-49(43)57(35-39-19-5-1-6-20-39)36-40-21-7-2-8-22-40)45-29-17-32-48(56)52(45)54(46)44-28-14-16-34-50(44)58(37-41-23-9-3-10-24-41)38-42-25-11-4-12-26-42/h1-34H,35-38H2. The van der Waals surface area contributed by atoms with Crippen molar-refractivity contribution in [1.82, 2.24) is 0 Å². The van der Waals surface area contributed by atoms with E-state index in [-0.39, 0.29) is 13.4 Å². The molecule has 8 aromatic rings. The van der Waals surface area contributed by atoms with Crippen LogP contribution in [0.2, 0.25) is 0 Å². The molecule has 1 aliphatic rings. The summed E-state index contributed by atoms with van der Waals surface area (Å²) in [4.78, 5) is 5.11. The van der Waals surface area contributed by atoms with Crippen LogP contribution in [0.1, 0.15) is 22.3 Å². The van der Waals surface area contributed by atoms with Crippen LogP contribution in [0.3, 0.4) is 0 Å². The fourth-order valence-electron chi connectivity index (χ4n) is 8.88. The van der Waals surface area contributed by atoms with Gasteiger partial charge in [0.05, 0.1) is 0 Å². The van der Waals surface area contributed by atoms with Gasteiger partial charge in [-0.1, -0.05) is 236 Å². The number of halogens is 2. The van der Waals surface area contributed by atoms with Crippen LogP contribution in [0.25, 0.3) is 0 Å². The SMILES string of the molecule is Brc1cccc2c1B(c1ccccc1N(Cc1ccccc1)Cc1ccccc1)c1cccc(Br)c1B2c1ccccc1N(Cc1ccccc1)Cc1ccccc1. The molecule has 0 fully saturated rings. The van der Waals surface area contributed by atoms with Gasteiger partial charge in [0.2, 0.25) is 13.4 Å². The molecule has 9 rings (SSSR count). The second-order valence-electron chi connectivity index (χ2n) is 15.1. The van der Waals surface area contributed by atoms with E-state index in [4.69, 9.17) is 0 Å². The molecule has 0 unspecified atom stereocenters. The fourth-order valence-corrected chi connectivity index (χ4v) is 10.1.